The number of hydrogen-bond donors (Lipinski definition) is 1. The third-order valence-corrected chi connectivity index (χ3v) is 4.10. The lowest BCUT2D eigenvalue weighted by Gasteiger charge is -2.17. The van der Waals surface area contributed by atoms with Gasteiger partial charge in [-0.1, -0.05) is 53.5 Å². The number of hydrogen-bond acceptors (Lipinski definition) is 1. The van der Waals surface area contributed by atoms with Crippen molar-refractivity contribution in [2.24, 2.45) is 0 Å². The van der Waals surface area contributed by atoms with Crippen LogP contribution in [0.5, 0.6) is 0 Å². The van der Waals surface area contributed by atoms with Crippen molar-refractivity contribution in [3.05, 3.63) is 63.9 Å². The van der Waals surface area contributed by atoms with Gasteiger partial charge in [-0.05, 0) is 49.1 Å². The highest BCUT2D eigenvalue weighted by molar-refractivity contribution is 9.10. The van der Waals surface area contributed by atoms with Crippen molar-refractivity contribution in [3.8, 4) is 0 Å². The quantitative estimate of drug-likeness (QED) is 0.663. The lowest BCUT2D eigenvalue weighted by atomic mass is 10.0. The van der Waals surface area contributed by atoms with Gasteiger partial charge in [0.2, 0.25) is 0 Å². The van der Waals surface area contributed by atoms with Crippen LogP contribution in [-0.4, -0.2) is 0 Å². The highest BCUT2D eigenvalue weighted by Gasteiger charge is 2.09. The summed E-state index contributed by atoms with van der Waals surface area (Å²) in [5.41, 5.74) is 3.06. The molecule has 0 saturated heterocycles. The van der Waals surface area contributed by atoms with E-state index in [-0.39, 0.29) is 11.9 Å². The van der Waals surface area contributed by atoms with Gasteiger partial charge in [-0.3, -0.25) is 0 Å². The molecule has 0 amide bonds. The first-order valence-electron chi connectivity index (χ1n) is 7.40. The Morgan fingerprint density at radius 2 is 1.86 bits per heavy atom. The molecule has 112 valence electrons. The molecule has 0 spiro atoms. The number of aryl methyl sites for hydroxylation is 1. The Kier molecular flexibility index (Phi) is 5.80. The Balaban J connectivity index is 2.04. The minimum atomic E-state index is -0.240. The number of nitrogens with one attached hydrogen (secondary N) is 1. The van der Waals surface area contributed by atoms with Gasteiger partial charge in [0, 0.05) is 10.5 Å². The number of rotatable bonds is 6. The largest absolute Gasteiger partial charge is 0.376 e. The van der Waals surface area contributed by atoms with E-state index in [1.807, 2.05) is 13.0 Å². The maximum absolute atomic E-state index is 13.8. The van der Waals surface area contributed by atoms with Crippen molar-refractivity contribution in [3.63, 3.8) is 0 Å². The topological polar surface area (TPSA) is 12.0 Å². The summed E-state index contributed by atoms with van der Waals surface area (Å²) >= 11 is 3.27. The Morgan fingerprint density at radius 1 is 1.14 bits per heavy atom. The Bertz CT molecular complexity index is 580. The van der Waals surface area contributed by atoms with Crippen LogP contribution in [0.2, 0.25) is 0 Å². The molecule has 2 aromatic rings. The molecule has 0 radical (unpaired) electrons. The predicted molar refractivity (Wildman–Crippen MR) is 91.2 cm³/mol. The van der Waals surface area contributed by atoms with Crippen molar-refractivity contribution < 1.29 is 4.39 Å². The van der Waals surface area contributed by atoms with Crippen LogP contribution >= 0.6 is 15.9 Å². The minimum absolute atomic E-state index is 0.0703. The standard InChI is InChI=1S/C18H21BrFN/c1-3-4-5-14-6-8-15(9-7-14)13(2)21-18-11-10-16(19)12-17(18)20/h6-13,21H,3-5H2,1-2H3. The molecule has 0 fully saturated rings. The SMILES string of the molecule is CCCCc1ccc(C(C)Nc2ccc(Br)cc2F)cc1. The molecule has 0 aliphatic rings. The van der Waals surface area contributed by atoms with Gasteiger partial charge in [0.05, 0.1) is 5.69 Å². The van der Waals surface area contributed by atoms with E-state index in [2.05, 4.69) is 52.4 Å². The van der Waals surface area contributed by atoms with Gasteiger partial charge in [0.25, 0.3) is 0 Å². The maximum atomic E-state index is 13.8. The number of benzene rings is 2. The van der Waals surface area contributed by atoms with Crippen LogP contribution in [0.3, 0.4) is 0 Å². The molecule has 3 heteroatoms. The first-order chi connectivity index (χ1) is 10.1. The van der Waals surface area contributed by atoms with Crippen molar-refractivity contribution in [2.75, 3.05) is 5.32 Å². The van der Waals surface area contributed by atoms with Gasteiger partial charge >= 0.3 is 0 Å². The molecule has 0 saturated carbocycles. The van der Waals surface area contributed by atoms with Crippen LogP contribution in [0, 0.1) is 5.82 Å². The Hall–Kier alpha value is -1.35. The molecule has 21 heavy (non-hydrogen) atoms. The van der Waals surface area contributed by atoms with Crippen LogP contribution in [-0.2, 0) is 6.42 Å². The Labute approximate surface area is 134 Å². The van der Waals surface area contributed by atoms with E-state index in [0.717, 1.165) is 16.5 Å². The molecular weight excluding hydrogens is 329 g/mol. The van der Waals surface area contributed by atoms with Gasteiger partial charge in [0.1, 0.15) is 5.82 Å². The highest BCUT2D eigenvalue weighted by atomic mass is 79.9. The molecule has 0 heterocycles. The molecule has 0 aliphatic heterocycles. The fourth-order valence-corrected chi connectivity index (χ4v) is 2.61. The van der Waals surface area contributed by atoms with Crippen LogP contribution in [0.25, 0.3) is 0 Å². The smallest absolute Gasteiger partial charge is 0.147 e. The van der Waals surface area contributed by atoms with Crippen LogP contribution < -0.4 is 5.32 Å². The molecule has 0 aromatic heterocycles. The van der Waals surface area contributed by atoms with Crippen LogP contribution in [0.15, 0.2) is 46.9 Å². The highest BCUT2D eigenvalue weighted by Crippen LogP contribution is 2.24. The zero-order chi connectivity index (χ0) is 15.2. The second-order valence-corrected chi connectivity index (χ2v) is 6.25. The second kappa shape index (κ2) is 7.60. The zero-order valence-electron chi connectivity index (χ0n) is 12.5. The van der Waals surface area contributed by atoms with Crippen LogP contribution in [0.1, 0.15) is 43.9 Å². The third kappa shape index (κ3) is 4.57. The lowest BCUT2D eigenvalue weighted by Crippen LogP contribution is -2.08. The van der Waals surface area contributed by atoms with Crippen molar-refractivity contribution in [2.45, 2.75) is 39.2 Å². The van der Waals surface area contributed by atoms with E-state index < -0.39 is 0 Å². The summed E-state index contributed by atoms with van der Waals surface area (Å²) in [6.45, 7) is 4.25. The summed E-state index contributed by atoms with van der Waals surface area (Å²) < 4.78 is 14.6. The molecule has 0 bridgehead atoms. The summed E-state index contributed by atoms with van der Waals surface area (Å²) in [5, 5.41) is 3.22. The number of anilines is 1. The van der Waals surface area contributed by atoms with Gasteiger partial charge in [0.15, 0.2) is 0 Å². The molecule has 1 unspecified atom stereocenters. The molecule has 1 N–H and O–H groups in total. The summed E-state index contributed by atoms with van der Waals surface area (Å²) in [6.07, 6.45) is 3.56. The summed E-state index contributed by atoms with van der Waals surface area (Å²) in [5.74, 6) is -0.240. The van der Waals surface area contributed by atoms with E-state index in [1.54, 1.807) is 6.07 Å². The zero-order valence-corrected chi connectivity index (χ0v) is 14.1. The van der Waals surface area contributed by atoms with E-state index in [4.69, 9.17) is 0 Å². The van der Waals surface area contributed by atoms with E-state index >= 15 is 0 Å². The van der Waals surface area contributed by atoms with E-state index in [1.165, 1.54) is 24.5 Å². The van der Waals surface area contributed by atoms with Crippen molar-refractivity contribution in [1.29, 1.82) is 0 Å². The van der Waals surface area contributed by atoms with E-state index in [0.29, 0.717) is 5.69 Å². The van der Waals surface area contributed by atoms with Gasteiger partial charge in [-0.2, -0.15) is 0 Å². The molecular formula is C18H21BrFN. The number of unbranched alkanes of at least 4 members (excludes halogenated alkanes) is 1. The Morgan fingerprint density at radius 3 is 2.48 bits per heavy atom. The van der Waals surface area contributed by atoms with Crippen molar-refractivity contribution >= 4 is 21.6 Å². The predicted octanol–water partition coefficient (Wildman–Crippen LogP) is 6.10. The summed E-state index contributed by atoms with van der Waals surface area (Å²) in [4.78, 5) is 0. The fraction of sp³-hybridized carbons (Fsp3) is 0.333. The molecule has 2 rings (SSSR count). The minimum Gasteiger partial charge on any atom is -0.376 e. The van der Waals surface area contributed by atoms with Gasteiger partial charge in [-0.25, -0.2) is 4.39 Å². The first-order valence-corrected chi connectivity index (χ1v) is 8.20. The number of halogens is 2. The lowest BCUT2D eigenvalue weighted by molar-refractivity contribution is 0.626. The molecule has 2 aromatic carbocycles. The van der Waals surface area contributed by atoms with Gasteiger partial charge < -0.3 is 5.32 Å². The summed E-state index contributed by atoms with van der Waals surface area (Å²) in [7, 11) is 0. The monoisotopic (exact) mass is 349 g/mol. The third-order valence-electron chi connectivity index (χ3n) is 3.60. The molecule has 1 atom stereocenters. The van der Waals surface area contributed by atoms with Gasteiger partial charge in [-0.15, -0.1) is 0 Å². The van der Waals surface area contributed by atoms with E-state index in [9.17, 15) is 4.39 Å². The molecule has 1 nitrogen and oxygen atoms in total. The summed E-state index contributed by atoms with van der Waals surface area (Å²) in [6, 6.07) is 13.7. The van der Waals surface area contributed by atoms with Crippen molar-refractivity contribution in [1.82, 2.24) is 0 Å². The maximum Gasteiger partial charge on any atom is 0.147 e. The average molecular weight is 350 g/mol. The first kappa shape index (κ1) is 16.0. The normalized spacial score (nSPS) is 12.2. The average Bonchev–Trinajstić information content (AvgIpc) is 2.48. The fourth-order valence-electron chi connectivity index (χ4n) is 2.28. The molecule has 0 aliphatic carbocycles. The second-order valence-electron chi connectivity index (χ2n) is 5.34. The van der Waals surface area contributed by atoms with Crippen LogP contribution in [0.4, 0.5) is 10.1 Å².